The SMILES string of the molecule is CCOC(=O)N1CCN(Cc2ccc3c(c2)CN(C(=O)c2ccc[n+]([O-])c2)CCO3)CC1. The van der Waals surface area contributed by atoms with Gasteiger partial charge in [0.15, 0.2) is 12.4 Å². The van der Waals surface area contributed by atoms with Gasteiger partial charge in [0.25, 0.3) is 5.91 Å². The summed E-state index contributed by atoms with van der Waals surface area (Å²) in [6, 6.07) is 9.31. The van der Waals surface area contributed by atoms with Gasteiger partial charge in [0.05, 0.1) is 13.2 Å². The Morgan fingerprint density at radius 3 is 2.69 bits per heavy atom. The molecule has 0 bridgehead atoms. The van der Waals surface area contributed by atoms with Crippen molar-refractivity contribution >= 4 is 12.0 Å². The van der Waals surface area contributed by atoms with E-state index in [1.165, 1.54) is 12.4 Å². The Balaban J connectivity index is 1.41. The molecule has 170 valence electrons. The summed E-state index contributed by atoms with van der Waals surface area (Å²) in [7, 11) is 0. The molecule has 0 radical (unpaired) electrons. The second kappa shape index (κ2) is 9.86. The highest BCUT2D eigenvalue weighted by Crippen LogP contribution is 2.26. The van der Waals surface area contributed by atoms with Crippen LogP contribution in [0.3, 0.4) is 0 Å². The Hall–Kier alpha value is -3.33. The monoisotopic (exact) mass is 440 g/mol. The number of ether oxygens (including phenoxy) is 2. The Labute approximate surface area is 187 Å². The molecule has 2 amide bonds. The van der Waals surface area contributed by atoms with E-state index in [9.17, 15) is 14.8 Å². The lowest BCUT2D eigenvalue weighted by Gasteiger charge is -2.34. The molecule has 9 nitrogen and oxygen atoms in total. The Kier molecular flexibility index (Phi) is 6.75. The van der Waals surface area contributed by atoms with E-state index in [1.807, 2.05) is 19.1 Å². The molecule has 1 fully saturated rings. The number of aromatic nitrogens is 1. The van der Waals surface area contributed by atoms with Crippen LogP contribution in [0.15, 0.2) is 42.7 Å². The molecule has 9 heteroatoms. The highest BCUT2D eigenvalue weighted by molar-refractivity contribution is 5.93. The van der Waals surface area contributed by atoms with E-state index in [0.717, 1.165) is 36.5 Å². The standard InChI is InChI=1S/C23H28N4O5/c1-2-31-23(29)25-10-8-24(9-11-25)15-18-5-6-21-20(14-18)16-26(12-13-32-21)22(28)19-4-3-7-27(30)17-19/h3-7,14,17H,2,8-13,15-16H2,1H3. The number of benzene rings is 1. The second-order valence-corrected chi connectivity index (χ2v) is 7.93. The van der Waals surface area contributed by atoms with Crippen molar-refractivity contribution in [3.63, 3.8) is 0 Å². The summed E-state index contributed by atoms with van der Waals surface area (Å²) < 4.78 is 11.6. The van der Waals surface area contributed by atoms with Crippen molar-refractivity contribution < 1.29 is 23.8 Å². The molecule has 1 saturated heterocycles. The van der Waals surface area contributed by atoms with Crippen LogP contribution >= 0.6 is 0 Å². The summed E-state index contributed by atoms with van der Waals surface area (Å²) in [5.74, 6) is 0.593. The smallest absolute Gasteiger partial charge is 0.409 e. The van der Waals surface area contributed by atoms with Crippen LogP contribution in [0.2, 0.25) is 0 Å². The van der Waals surface area contributed by atoms with E-state index in [4.69, 9.17) is 9.47 Å². The number of hydrogen-bond acceptors (Lipinski definition) is 6. The average molecular weight is 441 g/mol. The molecule has 0 saturated carbocycles. The van der Waals surface area contributed by atoms with Crippen LogP contribution in [-0.2, 0) is 17.8 Å². The van der Waals surface area contributed by atoms with Gasteiger partial charge >= 0.3 is 6.09 Å². The van der Waals surface area contributed by atoms with E-state index >= 15 is 0 Å². The summed E-state index contributed by atoms with van der Waals surface area (Å²) in [6.07, 6.45) is 2.40. The fraction of sp³-hybridized carbons (Fsp3) is 0.435. The third-order valence-corrected chi connectivity index (χ3v) is 5.72. The van der Waals surface area contributed by atoms with Crippen molar-refractivity contribution in [3.05, 3.63) is 64.6 Å². The Bertz CT molecular complexity index is 975. The van der Waals surface area contributed by atoms with Crippen LogP contribution in [-0.4, -0.2) is 72.6 Å². The molecule has 1 aromatic carbocycles. The van der Waals surface area contributed by atoms with Gasteiger partial charge in [0.2, 0.25) is 0 Å². The third-order valence-electron chi connectivity index (χ3n) is 5.72. The molecule has 0 aliphatic carbocycles. The average Bonchev–Trinajstić information content (AvgIpc) is 3.01. The molecule has 2 aromatic rings. The second-order valence-electron chi connectivity index (χ2n) is 7.93. The van der Waals surface area contributed by atoms with Crippen LogP contribution in [0, 0.1) is 5.21 Å². The molecule has 0 unspecified atom stereocenters. The number of rotatable bonds is 4. The normalized spacial score (nSPS) is 16.7. The van der Waals surface area contributed by atoms with Crippen molar-refractivity contribution in [1.29, 1.82) is 0 Å². The van der Waals surface area contributed by atoms with Crippen LogP contribution in [0.4, 0.5) is 4.79 Å². The molecule has 0 spiro atoms. The number of carbonyl (C=O) groups excluding carboxylic acids is 2. The zero-order valence-corrected chi connectivity index (χ0v) is 18.2. The minimum Gasteiger partial charge on any atom is -0.619 e. The van der Waals surface area contributed by atoms with Crippen molar-refractivity contribution in [2.45, 2.75) is 20.0 Å². The number of fused-ring (bicyclic) bond motifs is 1. The zero-order chi connectivity index (χ0) is 22.5. The number of carbonyl (C=O) groups is 2. The molecule has 32 heavy (non-hydrogen) atoms. The van der Waals surface area contributed by atoms with Gasteiger partial charge < -0.3 is 24.5 Å². The summed E-state index contributed by atoms with van der Waals surface area (Å²) in [5.41, 5.74) is 2.44. The predicted octanol–water partition coefficient (Wildman–Crippen LogP) is 1.63. The van der Waals surface area contributed by atoms with E-state index in [-0.39, 0.29) is 12.0 Å². The Morgan fingerprint density at radius 1 is 1.12 bits per heavy atom. The first-order valence-electron chi connectivity index (χ1n) is 10.9. The van der Waals surface area contributed by atoms with Crippen molar-refractivity contribution in [3.8, 4) is 5.75 Å². The highest BCUT2D eigenvalue weighted by atomic mass is 16.6. The lowest BCUT2D eigenvalue weighted by atomic mass is 10.1. The fourth-order valence-corrected chi connectivity index (χ4v) is 4.04. The first kappa shape index (κ1) is 21.9. The first-order chi connectivity index (χ1) is 15.5. The van der Waals surface area contributed by atoms with Crippen LogP contribution in [0.1, 0.15) is 28.4 Å². The van der Waals surface area contributed by atoms with Gasteiger partial charge in [-0.25, -0.2) is 4.79 Å². The van der Waals surface area contributed by atoms with Gasteiger partial charge in [-0.05, 0) is 30.7 Å². The molecular formula is C23H28N4O5. The molecule has 3 heterocycles. The summed E-state index contributed by atoms with van der Waals surface area (Å²) in [6.45, 7) is 7.07. The molecule has 0 atom stereocenters. The topological polar surface area (TPSA) is 89.3 Å². The number of nitrogens with zero attached hydrogens (tertiary/aromatic N) is 4. The van der Waals surface area contributed by atoms with E-state index in [2.05, 4.69) is 11.0 Å². The lowest BCUT2D eigenvalue weighted by Crippen LogP contribution is -2.48. The van der Waals surface area contributed by atoms with Gasteiger partial charge in [0.1, 0.15) is 17.9 Å². The zero-order valence-electron chi connectivity index (χ0n) is 18.2. The van der Waals surface area contributed by atoms with Crippen LogP contribution < -0.4 is 9.47 Å². The molecular weight excluding hydrogens is 412 g/mol. The predicted molar refractivity (Wildman–Crippen MR) is 116 cm³/mol. The van der Waals surface area contributed by atoms with Gasteiger partial charge in [-0.3, -0.25) is 9.69 Å². The maximum atomic E-state index is 12.9. The number of hydrogen-bond donors (Lipinski definition) is 0. The number of pyridine rings is 1. The largest absolute Gasteiger partial charge is 0.619 e. The molecule has 2 aliphatic rings. The van der Waals surface area contributed by atoms with Crippen molar-refractivity contribution in [2.24, 2.45) is 0 Å². The van der Waals surface area contributed by atoms with Crippen LogP contribution in [0.5, 0.6) is 5.75 Å². The minimum atomic E-state index is -0.250. The quantitative estimate of drug-likeness (QED) is 0.530. The van der Waals surface area contributed by atoms with Gasteiger partial charge in [0, 0.05) is 50.9 Å². The lowest BCUT2D eigenvalue weighted by molar-refractivity contribution is -0.605. The summed E-state index contributed by atoms with van der Waals surface area (Å²) >= 11 is 0. The molecule has 2 aliphatic heterocycles. The van der Waals surface area contributed by atoms with Crippen molar-refractivity contribution in [1.82, 2.24) is 14.7 Å². The summed E-state index contributed by atoms with van der Waals surface area (Å²) in [5, 5.41) is 11.6. The highest BCUT2D eigenvalue weighted by Gasteiger charge is 2.24. The van der Waals surface area contributed by atoms with Crippen LogP contribution in [0.25, 0.3) is 0 Å². The van der Waals surface area contributed by atoms with E-state index < -0.39 is 0 Å². The maximum absolute atomic E-state index is 12.9. The molecule has 1 aromatic heterocycles. The third kappa shape index (κ3) is 5.11. The number of amides is 2. The maximum Gasteiger partial charge on any atom is 0.409 e. The Morgan fingerprint density at radius 2 is 1.94 bits per heavy atom. The van der Waals surface area contributed by atoms with E-state index in [0.29, 0.717) is 49.7 Å². The molecule has 4 rings (SSSR count). The van der Waals surface area contributed by atoms with Crippen molar-refractivity contribution in [2.75, 3.05) is 45.9 Å². The number of piperazine rings is 1. The first-order valence-corrected chi connectivity index (χ1v) is 10.9. The van der Waals surface area contributed by atoms with Gasteiger partial charge in [-0.15, -0.1) is 0 Å². The minimum absolute atomic E-state index is 0.188. The molecule has 0 N–H and O–H groups in total. The van der Waals surface area contributed by atoms with Gasteiger partial charge in [-0.2, -0.15) is 4.73 Å². The van der Waals surface area contributed by atoms with Gasteiger partial charge in [-0.1, -0.05) is 6.07 Å². The fourth-order valence-electron chi connectivity index (χ4n) is 4.04. The van der Waals surface area contributed by atoms with E-state index in [1.54, 1.807) is 21.9 Å². The summed E-state index contributed by atoms with van der Waals surface area (Å²) in [4.78, 5) is 30.6.